The van der Waals surface area contributed by atoms with E-state index in [1.54, 1.807) is 17.0 Å². The van der Waals surface area contributed by atoms with Crippen molar-refractivity contribution < 1.29 is 37.0 Å². The smallest absolute Gasteiger partial charge is 0.443 e. The fourth-order valence-corrected chi connectivity index (χ4v) is 3.73. The van der Waals surface area contributed by atoms with Crippen LogP contribution in [-0.4, -0.2) is 55.2 Å². The van der Waals surface area contributed by atoms with Crippen LogP contribution in [0.4, 0.5) is 13.2 Å². The summed E-state index contributed by atoms with van der Waals surface area (Å²) in [6.07, 6.45) is -3.79. The second kappa shape index (κ2) is 10.1. The van der Waals surface area contributed by atoms with Crippen molar-refractivity contribution in [2.45, 2.75) is 25.1 Å². The number of rotatable bonds is 8. The van der Waals surface area contributed by atoms with Crippen LogP contribution < -0.4 is 4.74 Å². The summed E-state index contributed by atoms with van der Waals surface area (Å²) in [5.41, 5.74) is 1.22. The fraction of sp³-hybridized carbons (Fsp3) is 0.450. The second-order valence-electron chi connectivity index (χ2n) is 6.83. The number of hydrogen-bond acceptors (Lipinski definition) is 7. The first-order chi connectivity index (χ1) is 14.8. The van der Waals surface area contributed by atoms with Gasteiger partial charge in [0.15, 0.2) is 11.6 Å². The molecule has 1 aliphatic heterocycles. The molecule has 0 saturated carbocycles. The molecular formula is C20H21F3N2O5S. The van der Waals surface area contributed by atoms with Gasteiger partial charge in [0.1, 0.15) is 18.5 Å². The molecule has 168 valence electrons. The minimum Gasteiger partial charge on any atom is -0.482 e. The molecule has 1 aromatic heterocycles. The minimum atomic E-state index is -4.49. The van der Waals surface area contributed by atoms with Crippen molar-refractivity contribution in [3.05, 3.63) is 45.9 Å². The van der Waals surface area contributed by atoms with Crippen LogP contribution in [0.15, 0.2) is 29.6 Å². The number of aryl methyl sites for hydroxylation is 1. The Labute approximate surface area is 180 Å². The average molecular weight is 458 g/mol. The predicted octanol–water partition coefficient (Wildman–Crippen LogP) is 3.25. The number of hydrogen-bond donors (Lipinski definition) is 0. The lowest BCUT2D eigenvalue weighted by atomic mass is 10.1. The number of morpholine rings is 1. The molecule has 2 aromatic rings. The maximum atomic E-state index is 12.8. The van der Waals surface area contributed by atoms with E-state index >= 15 is 0 Å². The molecule has 0 spiro atoms. The topological polar surface area (TPSA) is 78.0 Å². The zero-order valence-corrected chi connectivity index (χ0v) is 17.5. The zero-order chi connectivity index (χ0) is 22.4. The third kappa shape index (κ3) is 6.41. The van der Waals surface area contributed by atoms with Gasteiger partial charge in [-0.1, -0.05) is 12.1 Å². The Morgan fingerprint density at radius 2 is 2.06 bits per heavy atom. The minimum absolute atomic E-state index is 0.167. The van der Waals surface area contributed by atoms with E-state index in [9.17, 15) is 22.8 Å². The number of benzene rings is 1. The molecule has 0 bridgehead atoms. The predicted molar refractivity (Wildman–Crippen MR) is 105 cm³/mol. The molecule has 1 unspecified atom stereocenters. The monoisotopic (exact) mass is 458 g/mol. The number of ether oxygens (including phenoxy) is 3. The summed E-state index contributed by atoms with van der Waals surface area (Å²) in [6.45, 7) is 0.269. The Morgan fingerprint density at radius 1 is 1.32 bits per heavy atom. The van der Waals surface area contributed by atoms with Gasteiger partial charge in [-0.15, -0.1) is 11.3 Å². The van der Waals surface area contributed by atoms with E-state index in [1.807, 2.05) is 12.1 Å². The van der Waals surface area contributed by atoms with Gasteiger partial charge in [-0.3, -0.25) is 4.79 Å². The highest BCUT2D eigenvalue weighted by atomic mass is 32.1. The largest absolute Gasteiger partial charge is 0.482 e. The molecular weight excluding hydrogens is 437 g/mol. The molecule has 0 radical (unpaired) electrons. The van der Waals surface area contributed by atoms with Gasteiger partial charge in [0, 0.05) is 11.9 Å². The maximum absolute atomic E-state index is 12.8. The maximum Gasteiger partial charge on any atom is 0.443 e. The van der Waals surface area contributed by atoms with Gasteiger partial charge in [0.25, 0.3) is 0 Å². The van der Waals surface area contributed by atoms with Gasteiger partial charge in [0.2, 0.25) is 5.91 Å². The molecule has 31 heavy (non-hydrogen) atoms. The van der Waals surface area contributed by atoms with Crippen LogP contribution >= 0.6 is 11.3 Å². The second-order valence-corrected chi connectivity index (χ2v) is 7.69. The SMILES string of the molecule is COC(=O)COc1ccc(CCCN2CC(c3csc(C(F)(F)F)n3)OCC2=O)cc1. The van der Waals surface area contributed by atoms with Crippen molar-refractivity contribution in [1.29, 1.82) is 0 Å². The van der Waals surface area contributed by atoms with E-state index in [2.05, 4.69) is 9.72 Å². The van der Waals surface area contributed by atoms with Gasteiger partial charge in [-0.25, -0.2) is 9.78 Å². The highest BCUT2D eigenvalue weighted by Crippen LogP contribution is 2.34. The fourth-order valence-electron chi connectivity index (χ4n) is 3.00. The van der Waals surface area contributed by atoms with Crippen molar-refractivity contribution in [2.24, 2.45) is 0 Å². The van der Waals surface area contributed by atoms with Gasteiger partial charge < -0.3 is 19.1 Å². The summed E-state index contributed by atoms with van der Waals surface area (Å²) < 4.78 is 53.5. The summed E-state index contributed by atoms with van der Waals surface area (Å²) in [5, 5.41) is 0.402. The molecule has 1 aromatic carbocycles. The first-order valence-electron chi connectivity index (χ1n) is 9.47. The molecule has 11 heteroatoms. The Morgan fingerprint density at radius 3 is 2.71 bits per heavy atom. The summed E-state index contributed by atoms with van der Waals surface area (Å²) in [7, 11) is 1.28. The molecule has 3 rings (SSSR count). The zero-order valence-electron chi connectivity index (χ0n) is 16.7. The first-order valence-corrected chi connectivity index (χ1v) is 10.3. The van der Waals surface area contributed by atoms with Crippen molar-refractivity contribution in [1.82, 2.24) is 9.88 Å². The number of carbonyl (C=O) groups excluding carboxylic acids is 2. The van der Waals surface area contributed by atoms with E-state index in [0.29, 0.717) is 36.5 Å². The highest BCUT2D eigenvalue weighted by molar-refractivity contribution is 7.09. The Balaban J connectivity index is 1.48. The standard InChI is InChI=1S/C20H21F3N2O5S/c1-28-18(27)11-29-14-6-4-13(5-7-14)3-2-8-25-9-16(30-10-17(25)26)15-12-31-19(24-15)20(21,22)23/h4-7,12,16H,2-3,8-11H2,1H3. The van der Waals surface area contributed by atoms with E-state index in [0.717, 1.165) is 5.56 Å². The van der Waals surface area contributed by atoms with Crippen LogP contribution in [-0.2, 0) is 31.7 Å². The summed E-state index contributed by atoms with van der Waals surface area (Å²) in [6, 6.07) is 7.22. The molecule has 0 aliphatic carbocycles. The molecule has 1 saturated heterocycles. The quantitative estimate of drug-likeness (QED) is 0.566. The first kappa shape index (κ1) is 23.0. The van der Waals surface area contributed by atoms with E-state index < -0.39 is 23.3 Å². The molecule has 1 aliphatic rings. The number of thiazole rings is 1. The van der Waals surface area contributed by atoms with Gasteiger partial charge in [-0.05, 0) is 30.5 Å². The molecule has 2 heterocycles. The van der Waals surface area contributed by atoms with Crippen molar-refractivity contribution in [3.63, 3.8) is 0 Å². The Kier molecular flexibility index (Phi) is 7.50. The van der Waals surface area contributed by atoms with Crippen molar-refractivity contribution >= 4 is 23.2 Å². The number of alkyl halides is 3. The third-order valence-corrected chi connectivity index (χ3v) is 5.55. The van der Waals surface area contributed by atoms with Gasteiger partial charge in [-0.2, -0.15) is 13.2 Å². The molecule has 7 nitrogen and oxygen atoms in total. The van der Waals surface area contributed by atoms with E-state index in [4.69, 9.17) is 9.47 Å². The molecule has 1 atom stereocenters. The molecule has 0 N–H and O–H groups in total. The van der Waals surface area contributed by atoms with Crippen LogP contribution in [0, 0.1) is 0 Å². The average Bonchev–Trinajstić information content (AvgIpc) is 3.25. The lowest BCUT2D eigenvalue weighted by molar-refractivity contribution is -0.150. The molecule has 1 fully saturated rings. The third-order valence-electron chi connectivity index (χ3n) is 4.64. The van der Waals surface area contributed by atoms with Crippen LogP contribution in [0.25, 0.3) is 0 Å². The Hall–Kier alpha value is -2.66. The Bertz CT molecular complexity index is 901. The van der Waals surface area contributed by atoms with Crippen LogP contribution in [0.3, 0.4) is 0 Å². The number of nitrogens with zero attached hydrogens (tertiary/aromatic N) is 2. The van der Waals surface area contributed by atoms with E-state index in [1.165, 1.54) is 12.5 Å². The van der Waals surface area contributed by atoms with Gasteiger partial charge >= 0.3 is 12.1 Å². The van der Waals surface area contributed by atoms with Crippen molar-refractivity contribution in [2.75, 3.05) is 33.4 Å². The number of methoxy groups -OCH3 is 1. The number of esters is 1. The van der Waals surface area contributed by atoms with Gasteiger partial charge in [0.05, 0.1) is 19.3 Å². The highest BCUT2D eigenvalue weighted by Gasteiger charge is 2.36. The van der Waals surface area contributed by atoms with Crippen LogP contribution in [0.5, 0.6) is 5.75 Å². The number of carbonyl (C=O) groups is 2. The van der Waals surface area contributed by atoms with E-state index in [-0.39, 0.29) is 31.4 Å². The summed E-state index contributed by atoms with van der Waals surface area (Å²) >= 11 is 0.519. The number of amides is 1. The number of halogens is 3. The summed E-state index contributed by atoms with van der Waals surface area (Å²) in [4.78, 5) is 28.4. The van der Waals surface area contributed by atoms with Crippen LogP contribution in [0.2, 0.25) is 0 Å². The number of aromatic nitrogens is 1. The van der Waals surface area contributed by atoms with Crippen LogP contribution in [0.1, 0.15) is 28.8 Å². The summed E-state index contributed by atoms with van der Waals surface area (Å²) in [5.74, 6) is -0.124. The normalized spacial score (nSPS) is 17.0. The van der Waals surface area contributed by atoms with Crippen molar-refractivity contribution in [3.8, 4) is 5.75 Å². The molecule has 1 amide bonds. The lowest BCUT2D eigenvalue weighted by Gasteiger charge is -2.32. The lowest BCUT2D eigenvalue weighted by Crippen LogP contribution is -2.43.